The maximum absolute atomic E-state index is 12.3. The van der Waals surface area contributed by atoms with Crippen molar-refractivity contribution in [3.05, 3.63) is 48.0 Å². The van der Waals surface area contributed by atoms with E-state index in [1.807, 2.05) is 0 Å². The monoisotopic (exact) mass is 264 g/mol. The Kier molecular flexibility index (Phi) is 3.00. The van der Waals surface area contributed by atoms with Crippen molar-refractivity contribution in [1.82, 2.24) is 0 Å². The van der Waals surface area contributed by atoms with Crippen LogP contribution in [0.25, 0.3) is 0 Å². The van der Waals surface area contributed by atoms with E-state index < -0.39 is 15.6 Å². The average Bonchev–Trinajstić information content (AvgIpc) is 2.32. The molecule has 0 aliphatic carbocycles. The fourth-order valence-corrected chi connectivity index (χ4v) is 2.97. The molecule has 0 aliphatic rings. The maximum atomic E-state index is 12.3. The van der Waals surface area contributed by atoms with Gasteiger partial charge in [0.05, 0.1) is 9.79 Å². The van der Waals surface area contributed by atoms with Gasteiger partial charge in [0.15, 0.2) is 11.5 Å². The van der Waals surface area contributed by atoms with Crippen LogP contribution in [-0.2, 0) is 9.84 Å². The first-order valence-electron chi connectivity index (χ1n) is 5.25. The Bertz CT molecular complexity index is 690. The summed E-state index contributed by atoms with van der Waals surface area (Å²) in [6.07, 6.45) is 0. The van der Waals surface area contributed by atoms with Crippen molar-refractivity contribution >= 4 is 9.84 Å². The van der Waals surface area contributed by atoms with Crippen molar-refractivity contribution in [3.8, 4) is 11.5 Å². The molecule has 0 amide bonds. The van der Waals surface area contributed by atoms with Gasteiger partial charge in [-0.3, -0.25) is 0 Å². The SMILES string of the molecule is Cc1cccc(S(=O)(=O)c2ccc(O)c(O)c2)c1. The molecule has 18 heavy (non-hydrogen) atoms. The van der Waals surface area contributed by atoms with Gasteiger partial charge in [0, 0.05) is 6.07 Å². The molecule has 0 radical (unpaired) electrons. The van der Waals surface area contributed by atoms with Crippen LogP contribution in [0.4, 0.5) is 0 Å². The molecule has 2 rings (SSSR count). The standard InChI is InChI=1S/C13H12O4S/c1-9-3-2-4-10(7-9)18(16,17)11-5-6-12(14)13(15)8-11/h2-8,14-15H,1H3. The van der Waals surface area contributed by atoms with Crippen molar-refractivity contribution in [2.45, 2.75) is 16.7 Å². The van der Waals surface area contributed by atoms with Crippen LogP contribution in [0.3, 0.4) is 0 Å². The van der Waals surface area contributed by atoms with Crippen molar-refractivity contribution in [1.29, 1.82) is 0 Å². The molecule has 2 aromatic rings. The van der Waals surface area contributed by atoms with Gasteiger partial charge in [0.1, 0.15) is 0 Å². The van der Waals surface area contributed by atoms with Gasteiger partial charge in [0.2, 0.25) is 9.84 Å². The second-order valence-corrected chi connectivity index (χ2v) is 5.92. The highest BCUT2D eigenvalue weighted by Gasteiger charge is 2.18. The number of aromatic hydroxyl groups is 2. The molecule has 0 unspecified atom stereocenters. The predicted molar refractivity (Wildman–Crippen MR) is 66.4 cm³/mol. The van der Waals surface area contributed by atoms with Crippen molar-refractivity contribution in [3.63, 3.8) is 0 Å². The fourth-order valence-electron chi connectivity index (χ4n) is 1.59. The smallest absolute Gasteiger partial charge is 0.206 e. The van der Waals surface area contributed by atoms with Crippen LogP contribution in [0.2, 0.25) is 0 Å². The molecule has 0 bridgehead atoms. The number of phenols is 2. The zero-order valence-electron chi connectivity index (χ0n) is 9.66. The number of hydrogen-bond donors (Lipinski definition) is 2. The summed E-state index contributed by atoms with van der Waals surface area (Å²) in [6.45, 7) is 1.80. The Hall–Kier alpha value is -2.01. The topological polar surface area (TPSA) is 74.6 Å². The molecule has 0 saturated heterocycles. The number of phenolic OH excluding ortho intramolecular Hbond substituents is 2. The third-order valence-electron chi connectivity index (χ3n) is 2.56. The van der Waals surface area contributed by atoms with E-state index in [0.29, 0.717) is 0 Å². The lowest BCUT2D eigenvalue weighted by molar-refractivity contribution is 0.402. The predicted octanol–water partition coefficient (Wildman–Crippen LogP) is 2.24. The van der Waals surface area contributed by atoms with Gasteiger partial charge in [-0.2, -0.15) is 0 Å². The summed E-state index contributed by atoms with van der Waals surface area (Å²) in [4.78, 5) is 0.107. The van der Waals surface area contributed by atoms with E-state index in [2.05, 4.69) is 0 Å². The van der Waals surface area contributed by atoms with E-state index in [4.69, 9.17) is 0 Å². The van der Waals surface area contributed by atoms with Crippen LogP contribution in [-0.4, -0.2) is 18.6 Å². The fraction of sp³-hybridized carbons (Fsp3) is 0.0769. The molecule has 4 nitrogen and oxygen atoms in total. The van der Waals surface area contributed by atoms with Crippen molar-refractivity contribution < 1.29 is 18.6 Å². The first kappa shape index (κ1) is 12.4. The van der Waals surface area contributed by atoms with Gasteiger partial charge >= 0.3 is 0 Å². The van der Waals surface area contributed by atoms with Gasteiger partial charge < -0.3 is 10.2 Å². The third kappa shape index (κ3) is 2.17. The third-order valence-corrected chi connectivity index (χ3v) is 4.31. The minimum Gasteiger partial charge on any atom is -0.504 e. The highest BCUT2D eigenvalue weighted by molar-refractivity contribution is 7.91. The number of rotatable bonds is 2. The molecule has 0 aliphatic heterocycles. The number of sulfone groups is 1. The zero-order valence-corrected chi connectivity index (χ0v) is 10.5. The second-order valence-electron chi connectivity index (χ2n) is 3.97. The van der Waals surface area contributed by atoms with Gasteiger partial charge in [-0.1, -0.05) is 12.1 Å². The number of hydrogen-bond acceptors (Lipinski definition) is 4. The largest absolute Gasteiger partial charge is 0.504 e. The summed E-state index contributed by atoms with van der Waals surface area (Å²) in [5, 5.41) is 18.5. The van der Waals surface area contributed by atoms with Crippen LogP contribution < -0.4 is 0 Å². The molecule has 5 heteroatoms. The van der Waals surface area contributed by atoms with E-state index in [0.717, 1.165) is 17.7 Å². The molecule has 0 atom stereocenters. The van der Waals surface area contributed by atoms with Gasteiger partial charge in [-0.15, -0.1) is 0 Å². The van der Waals surface area contributed by atoms with Gasteiger partial charge in [0.25, 0.3) is 0 Å². The lowest BCUT2D eigenvalue weighted by Gasteiger charge is -2.06. The minimum absolute atomic E-state index is 0.0524. The van der Waals surface area contributed by atoms with E-state index in [-0.39, 0.29) is 15.5 Å². The molecule has 0 saturated carbocycles. The molecule has 2 N–H and O–H groups in total. The highest BCUT2D eigenvalue weighted by Crippen LogP contribution is 2.30. The molecule has 2 aromatic carbocycles. The first-order valence-corrected chi connectivity index (χ1v) is 6.73. The van der Waals surface area contributed by atoms with Crippen molar-refractivity contribution in [2.75, 3.05) is 0 Å². The Morgan fingerprint density at radius 1 is 0.889 bits per heavy atom. The summed E-state index contributed by atoms with van der Waals surface area (Å²) in [7, 11) is -3.67. The molecule has 0 fully saturated rings. The van der Waals surface area contributed by atoms with Crippen LogP contribution in [0.5, 0.6) is 11.5 Å². The zero-order chi connectivity index (χ0) is 13.3. The van der Waals surface area contributed by atoms with Gasteiger partial charge in [-0.05, 0) is 36.8 Å². The summed E-state index contributed by atoms with van der Waals surface area (Å²) in [6, 6.07) is 9.94. The Morgan fingerprint density at radius 2 is 1.56 bits per heavy atom. The lowest BCUT2D eigenvalue weighted by atomic mass is 10.2. The Morgan fingerprint density at radius 3 is 2.17 bits per heavy atom. The van der Waals surface area contributed by atoms with Crippen LogP contribution in [0.1, 0.15) is 5.56 Å². The highest BCUT2D eigenvalue weighted by atomic mass is 32.2. The molecule has 0 heterocycles. The van der Waals surface area contributed by atoms with E-state index >= 15 is 0 Å². The maximum Gasteiger partial charge on any atom is 0.206 e. The Labute approximate surface area is 105 Å². The quantitative estimate of drug-likeness (QED) is 0.816. The summed E-state index contributed by atoms with van der Waals surface area (Å²) in [5.41, 5.74) is 0.832. The Balaban J connectivity index is 2.58. The van der Waals surface area contributed by atoms with Crippen LogP contribution in [0.15, 0.2) is 52.3 Å². The van der Waals surface area contributed by atoms with E-state index in [9.17, 15) is 18.6 Å². The van der Waals surface area contributed by atoms with Crippen LogP contribution in [0, 0.1) is 6.92 Å². The van der Waals surface area contributed by atoms with E-state index in [1.54, 1.807) is 25.1 Å². The van der Waals surface area contributed by atoms with E-state index in [1.165, 1.54) is 12.1 Å². The molecule has 94 valence electrons. The lowest BCUT2D eigenvalue weighted by Crippen LogP contribution is -2.01. The first-order chi connectivity index (χ1) is 8.41. The molecular formula is C13H12O4S. The average molecular weight is 264 g/mol. The number of aryl methyl sites for hydroxylation is 1. The minimum atomic E-state index is -3.67. The summed E-state index contributed by atoms with van der Waals surface area (Å²) < 4.78 is 24.5. The molecule has 0 aromatic heterocycles. The molecule has 0 spiro atoms. The normalized spacial score (nSPS) is 11.4. The van der Waals surface area contributed by atoms with Gasteiger partial charge in [-0.25, -0.2) is 8.42 Å². The summed E-state index contributed by atoms with van der Waals surface area (Å²) >= 11 is 0. The summed E-state index contributed by atoms with van der Waals surface area (Å²) in [5.74, 6) is -0.804. The number of benzene rings is 2. The second kappa shape index (κ2) is 4.34. The van der Waals surface area contributed by atoms with Crippen molar-refractivity contribution in [2.24, 2.45) is 0 Å². The molecular weight excluding hydrogens is 252 g/mol. The van der Waals surface area contributed by atoms with Crippen LogP contribution >= 0.6 is 0 Å².